The lowest BCUT2D eigenvalue weighted by Gasteiger charge is -2.32. The molecule has 4 atom stereocenters. The molecular formula is C29H35F2N5O4S. The summed E-state index contributed by atoms with van der Waals surface area (Å²) in [6.45, 7) is 7.98. The zero-order chi connectivity index (χ0) is 29.5. The molecule has 4 heterocycles. The van der Waals surface area contributed by atoms with Crippen LogP contribution in [0.2, 0.25) is 0 Å². The summed E-state index contributed by atoms with van der Waals surface area (Å²) in [5.74, 6) is -1.46. The summed E-state index contributed by atoms with van der Waals surface area (Å²) in [6, 6.07) is 3.24. The minimum atomic E-state index is -1.18. The summed E-state index contributed by atoms with van der Waals surface area (Å²) < 4.78 is 35.8. The first-order valence-corrected chi connectivity index (χ1v) is 14.6. The van der Waals surface area contributed by atoms with Crippen LogP contribution in [0.5, 0.6) is 0 Å². The standard InChI is InChI=1S/C29H35F2N5O4S/c1-5-40-27(37)22-20(14-36-13-19(31)24-21(36)9-11-35(24)15-29(3,4)28(38)39)33-25(26-32-10-12-41-26)34-23(22)17-7-6-8-18(30)16(17)2/h6-8,10,12,19,21,23-24H,5,9,11,13-15H2,1-4H3,(H,33,34)(H,38,39)/t19?,21-,23-,24-/m0/s1. The monoisotopic (exact) mass is 587 g/mol. The van der Waals surface area contributed by atoms with Gasteiger partial charge < -0.3 is 15.2 Å². The van der Waals surface area contributed by atoms with Crippen molar-refractivity contribution in [2.75, 3.05) is 32.8 Å². The number of amidine groups is 1. The molecule has 0 spiro atoms. The van der Waals surface area contributed by atoms with E-state index in [9.17, 15) is 19.1 Å². The van der Waals surface area contributed by atoms with Gasteiger partial charge in [-0.15, -0.1) is 11.3 Å². The molecule has 1 aromatic heterocycles. The summed E-state index contributed by atoms with van der Waals surface area (Å²) >= 11 is 1.38. The summed E-state index contributed by atoms with van der Waals surface area (Å²) in [4.78, 5) is 38.4. The minimum absolute atomic E-state index is 0.133. The number of nitrogens with one attached hydrogen (secondary N) is 1. The first-order valence-electron chi connectivity index (χ1n) is 13.8. The number of thiazole rings is 1. The third-order valence-electron chi connectivity index (χ3n) is 8.18. The maximum atomic E-state index is 15.6. The summed E-state index contributed by atoms with van der Waals surface area (Å²) in [6.07, 6.45) is 1.14. The zero-order valence-corrected chi connectivity index (χ0v) is 24.4. The highest BCUT2D eigenvalue weighted by molar-refractivity contribution is 7.11. The molecule has 1 unspecified atom stereocenters. The number of rotatable bonds is 9. The lowest BCUT2D eigenvalue weighted by atomic mass is 9.92. The van der Waals surface area contributed by atoms with Crippen LogP contribution in [0.15, 0.2) is 46.0 Å². The van der Waals surface area contributed by atoms with Crippen LogP contribution in [0.4, 0.5) is 8.78 Å². The molecule has 2 N–H and O–H groups in total. The number of ether oxygens (including phenoxy) is 1. The molecule has 0 amide bonds. The van der Waals surface area contributed by atoms with Crippen molar-refractivity contribution in [3.05, 3.63) is 63.0 Å². The summed E-state index contributed by atoms with van der Waals surface area (Å²) in [5.41, 5.74) is 0.657. The van der Waals surface area contributed by atoms with Gasteiger partial charge in [-0.2, -0.15) is 0 Å². The Labute approximate surface area is 241 Å². The first-order chi connectivity index (χ1) is 19.5. The molecule has 9 nitrogen and oxygen atoms in total. The van der Waals surface area contributed by atoms with Gasteiger partial charge in [-0.1, -0.05) is 12.1 Å². The molecule has 5 rings (SSSR count). The van der Waals surface area contributed by atoms with E-state index in [1.807, 2.05) is 15.2 Å². The van der Waals surface area contributed by atoms with Crippen LogP contribution in [0, 0.1) is 18.2 Å². The molecular weight excluding hydrogens is 552 g/mol. The number of nitrogens with zero attached hydrogens (tertiary/aromatic N) is 4. The Bertz CT molecular complexity index is 1380. The fourth-order valence-electron chi connectivity index (χ4n) is 6.11. The number of hydrogen-bond acceptors (Lipinski definition) is 9. The Morgan fingerprint density at radius 2 is 2.07 bits per heavy atom. The van der Waals surface area contributed by atoms with Gasteiger partial charge >= 0.3 is 11.9 Å². The molecule has 3 aliphatic heterocycles. The van der Waals surface area contributed by atoms with Crippen molar-refractivity contribution < 1.29 is 28.2 Å². The van der Waals surface area contributed by atoms with Crippen molar-refractivity contribution in [3.8, 4) is 0 Å². The molecule has 1 aromatic carbocycles. The van der Waals surface area contributed by atoms with Gasteiger partial charge in [-0.05, 0) is 51.3 Å². The van der Waals surface area contributed by atoms with E-state index in [1.165, 1.54) is 17.4 Å². The number of halogens is 2. The highest BCUT2D eigenvalue weighted by Gasteiger charge is 2.51. The zero-order valence-electron chi connectivity index (χ0n) is 23.6. The topological polar surface area (TPSA) is 107 Å². The molecule has 220 valence electrons. The van der Waals surface area contributed by atoms with Gasteiger partial charge in [0.1, 0.15) is 18.0 Å². The number of alkyl halides is 1. The number of aliphatic carboxylic acids is 1. The average molecular weight is 588 g/mol. The third kappa shape index (κ3) is 5.64. The van der Waals surface area contributed by atoms with Crippen molar-refractivity contribution in [3.63, 3.8) is 0 Å². The van der Waals surface area contributed by atoms with Gasteiger partial charge in [0.15, 0.2) is 10.8 Å². The minimum Gasteiger partial charge on any atom is -0.481 e. The second-order valence-corrected chi connectivity index (χ2v) is 12.3. The van der Waals surface area contributed by atoms with Crippen LogP contribution in [-0.4, -0.2) is 88.7 Å². The Morgan fingerprint density at radius 3 is 2.76 bits per heavy atom. The predicted octanol–water partition coefficient (Wildman–Crippen LogP) is 3.71. The number of carbonyl (C=O) groups is 2. The third-order valence-corrected chi connectivity index (χ3v) is 8.96. The summed E-state index contributed by atoms with van der Waals surface area (Å²) in [5, 5.41) is 15.3. The largest absolute Gasteiger partial charge is 0.481 e. The van der Waals surface area contributed by atoms with E-state index < -0.39 is 41.4 Å². The Kier molecular flexibility index (Phi) is 8.27. The molecule has 0 aliphatic carbocycles. The van der Waals surface area contributed by atoms with Crippen LogP contribution in [0.25, 0.3) is 0 Å². The number of likely N-dealkylation sites (tertiary alicyclic amines) is 2. The van der Waals surface area contributed by atoms with E-state index in [0.717, 1.165) is 0 Å². The quantitative estimate of drug-likeness (QED) is 0.428. The van der Waals surface area contributed by atoms with Crippen molar-refractivity contribution in [2.24, 2.45) is 10.4 Å². The first kappa shape index (κ1) is 29.3. The Hall–Kier alpha value is -3.22. The number of aromatic nitrogens is 1. The summed E-state index contributed by atoms with van der Waals surface area (Å²) in [7, 11) is 0. The highest BCUT2D eigenvalue weighted by atomic mass is 32.1. The van der Waals surface area contributed by atoms with Gasteiger partial charge in [-0.3, -0.25) is 19.6 Å². The number of aliphatic imine (C=N–C) groups is 1. The molecule has 12 heteroatoms. The van der Waals surface area contributed by atoms with E-state index in [4.69, 9.17) is 9.73 Å². The van der Waals surface area contributed by atoms with Crippen LogP contribution < -0.4 is 5.32 Å². The SMILES string of the molecule is CCOC(=O)C1=C(CN2CC(F)[C@H]3[C@@H]2CCN3CC(C)(C)C(=O)O)NC(c2nccs2)=N[C@H]1c1cccc(F)c1C. The molecule has 2 aromatic rings. The van der Waals surface area contributed by atoms with Gasteiger partial charge in [0.05, 0.1) is 23.6 Å². The Balaban J connectivity index is 1.52. The van der Waals surface area contributed by atoms with Crippen LogP contribution in [-0.2, 0) is 14.3 Å². The molecule has 41 heavy (non-hydrogen) atoms. The van der Waals surface area contributed by atoms with Crippen molar-refractivity contribution in [1.29, 1.82) is 0 Å². The van der Waals surface area contributed by atoms with Gasteiger partial charge in [-0.25, -0.2) is 18.6 Å². The fraction of sp³-hybridized carbons (Fsp3) is 0.517. The number of fused-ring (bicyclic) bond motifs is 1. The number of hydrogen-bond donors (Lipinski definition) is 2. The highest BCUT2D eigenvalue weighted by Crippen LogP contribution is 2.39. The van der Waals surface area contributed by atoms with Crippen molar-refractivity contribution >= 4 is 29.1 Å². The maximum Gasteiger partial charge on any atom is 0.338 e. The number of carboxylic acid groups (broad SMARTS) is 1. The van der Waals surface area contributed by atoms with Crippen molar-refractivity contribution in [1.82, 2.24) is 20.1 Å². The second kappa shape index (κ2) is 11.6. The number of benzene rings is 1. The van der Waals surface area contributed by atoms with Gasteiger partial charge in [0.25, 0.3) is 0 Å². The van der Waals surface area contributed by atoms with Crippen LogP contribution in [0.3, 0.4) is 0 Å². The number of carbonyl (C=O) groups excluding carboxylic acids is 1. The molecule has 2 saturated heterocycles. The Morgan fingerprint density at radius 1 is 1.29 bits per heavy atom. The number of esters is 1. The van der Waals surface area contributed by atoms with E-state index in [0.29, 0.717) is 40.6 Å². The maximum absolute atomic E-state index is 15.6. The molecule has 0 bridgehead atoms. The smallest absolute Gasteiger partial charge is 0.338 e. The number of carboxylic acids is 1. The molecule has 3 aliphatic rings. The second-order valence-electron chi connectivity index (χ2n) is 11.4. The van der Waals surface area contributed by atoms with Crippen LogP contribution >= 0.6 is 11.3 Å². The van der Waals surface area contributed by atoms with E-state index in [-0.39, 0.29) is 37.9 Å². The van der Waals surface area contributed by atoms with E-state index in [1.54, 1.807) is 46.0 Å². The van der Waals surface area contributed by atoms with E-state index >= 15 is 4.39 Å². The fourth-order valence-corrected chi connectivity index (χ4v) is 6.69. The molecule has 2 fully saturated rings. The molecule has 0 saturated carbocycles. The average Bonchev–Trinajstić information content (AvgIpc) is 3.66. The van der Waals surface area contributed by atoms with Crippen LogP contribution in [0.1, 0.15) is 49.4 Å². The van der Waals surface area contributed by atoms with Crippen molar-refractivity contribution in [2.45, 2.75) is 58.4 Å². The van der Waals surface area contributed by atoms with Gasteiger partial charge in [0.2, 0.25) is 0 Å². The van der Waals surface area contributed by atoms with E-state index in [2.05, 4.69) is 10.3 Å². The normalized spacial score (nSPS) is 25.2. The lowest BCUT2D eigenvalue weighted by Crippen LogP contribution is -2.46. The molecule has 0 radical (unpaired) electrons. The van der Waals surface area contributed by atoms with Gasteiger partial charge in [0, 0.05) is 49.5 Å². The predicted molar refractivity (Wildman–Crippen MR) is 151 cm³/mol. The lowest BCUT2D eigenvalue weighted by molar-refractivity contribution is -0.148.